The van der Waals surface area contributed by atoms with Gasteiger partial charge in [0.25, 0.3) is 0 Å². The Balaban J connectivity index is 2.44. The molecule has 0 atom stereocenters. The zero-order valence-electron chi connectivity index (χ0n) is 8.50. The number of halogens is 1. The summed E-state index contributed by atoms with van der Waals surface area (Å²) >= 11 is 5.82. The maximum absolute atomic E-state index is 7.37. The molecule has 2 aromatic rings. The molecule has 2 aromatic carbocycles. The van der Waals surface area contributed by atoms with Crippen LogP contribution in [0.25, 0.3) is 11.1 Å². The zero-order chi connectivity index (χ0) is 11.5. The predicted octanol–water partition coefficient (Wildman–Crippen LogP) is 3.09. The fourth-order valence-corrected chi connectivity index (χ4v) is 1.56. The van der Waals surface area contributed by atoms with Crippen LogP contribution < -0.4 is 5.73 Å². The SMILES string of the molecule is N=C(N)c1cc[c]c(-c2ccc(Cl)cc2)c1. The third-order valence-electron chi connectivity index (χ3n) is 2.27. The second-order valence-electron chi connectivity index (χ2n) is 3.41. The Hall–Kier alpha value is -1.80. The van der Waals surface area contributed by atoms with Crippen LogP contribution in [0.2, 0.25) is 5.02 Å². The molecular formula is C13H10ClN2. The van der Waals surface area contributed by atoms with Gasteiger partial charge in [0, 0.05) is 10.6 Å². The summed E-state index contributed by atoms with van der Waals surface area (Å²) in [4.78, 5) is 0. The molecule has 2 nitrogen and oxygen atoms in total. The maximum atomic E-state index is 7.37. The molecule has 2 rings (SSSR count). The van der Waals surface area contributed by atoms with Gasteiger partial charge < -0.3 is 5.73 Å². The number of benzene rings is 2. The smallest absolute Gasteiger partial charge is 0.122 e. The van der Waals surface area contributed by atoms with Crippen molar-refractivity contribution >= 4 is 17.4 Å². The number of nitrogens with one attached hydrogen (secondary N) is 1. The van der Waals surface area contributed by atoms with Gasteiger partial charge in [-0.2, -0.15) is 0 Å². The summed E-state index contributed by atoms with van der Waals surface area (Å²) in [6.45, 7) is 0. The molecule has 0 unspecified atom stereocenters. The summed E-state index contributed by atoms with van der Waals surface area (Å²) < 4.78 is 0. The van der Waals surface area contributed by atoms with Gasteiger partial charge in [-0.05, 0) is 35.4 Å². The quantitative estimate of drug-likeness (QED) is 0.604. The van der Waals surface area contributed by atoms with E-state index in [9.17, 15) is 0 Å². The van der Waals surface area contributed by atoms with E-state index in [4.69, 9.17) is 22.7 Å². The summed E-state index contributed by atoms with van der Waals surface area (Å²) in [6.07, 6.45) is 0. The van der Waals surface area contributed by atoms with Crippen LogP contribution >= 0.6 is 11.6 Å². The first-order valence-electron chi connectivity index (χ1n) is 4.79. The number of nitrogen functional groups attached to an aromatic ring is 1. The van der Waals surface area contributed by atoms with Crippen molar-refractivity contribution in [3.05, 3.63) is 59.1 Å². The Labute approximate surface area is 99.2 Å². The Bertz CT molecular complexity index is 518. The lowest BCUT2D eigenvalue weighted by Gasteiger charge is -2.04. The van der Waals surface area contributed by atoms with Crippen LogP contribution in [-0.4, -0.2) is 5.84 Å². The van der Waals surface area contributed by atoms with E-state index in [1.54, 1.807) is 12.1 Å². The Morgan fingerprint density at radius 1 is 1.19 bits per heavy atom. The van der Waals surface area contributed by atoms with Crippen LogP contribution in [0.1, 0.15) is 5.56 Å². The molecule has 3 heteroatoms. The summed E-state index contributed by atoms with van der Waals surface area (Å²) in [5.41, 5.74) is 8.04. The third-order valence-corrected chi connectivity index (χ3v) is 2.52. The van der Waals surface area contributed by atoms with E-state index in [0.717, 1.165) is 11.1 Å². The fourth-order valence-electron chi connectivity index (χ4n) is 1.43. The Morgan fingerprint density at radius 2 is 1.88 bits per heavy atom. The molecule has 0 aliphatic heterocycles. The molecule has 79 valence electrons. The second-order valence-corrected chi connectivity index (χ2v) is 3.85. The maximum Gasteiger partial charge on any atom is 0.122 e. The lowest BCUT2D eigenvalue weighted by Crippen LogP contribution is -2.10. The summed E-state index contributed by atoms with van der Waals surface area (Å²) in [5, 5.41) is 8.07. The predicted molar refractivity (Wildman–Crippen MR) is 66.7 cm³/mol. The van der Waals surface area contributed by atoms with Crippen LogP contribution in [0.3, 0.4) is 0 Å². The average molecular weight is 230 g/mol. The molecule has 0 bridgehead atoms. The molecule has 3 N–H and O–H groups in total. The van der Waals surface area contributed by atoms with Crippen molar-refractivity contribution in [3.8, 4) is 11.1 Å². The van der Waals surface area contributed by atoms with E-state index in [0.29, 0.717) is 10.6 Å². The molecular weight excluding hydrogens is 220 g/mol. The monoisotopic (exact) mass is 229 g/mol. The standard InChI is InChI=1S/C13H10ClN2/c14-12-6-4-9(5-7-12)10-2-1-3-11(8-10)13(15)16/h1,3-8H,(H3,15,16). The lowest BCUT2D eigenvalue weighted by atomic mass is 10.0. The minimum atomic E-state index is 0.0595. The Morgan fingerprint density at radius 3 is 2.50 bits per heavy atom. The van der Waals surface area contributed by atoms with Crippen LogP contribution in [0.4, 0.5) is 0 Å². The fraction of sp³-hybridized carbons (Fsp3) is 0. The van der Waals surface area contributed by atoms with Crippen molar-refractivity contribution in [3.63, 3.8) is 0 Å². The van der Waals surface area contributed by atoms with Gasteiger partial charge in [-0.3, -0.25) is 5.41 Å². The van der Waals surface area contributed by atoms with Gasteiger partial charge in [0.2, 0.25) is 0 Å². The van der Waals surface area contributed by atoms with Gasteiger partial charge in [0.1, 0.15) is 5.84 Å². The van der Waals surface area contributed by atoms with E-state index in [2.05, 4.69) is 6.07 Å². The normalized spacial score (nSPS) is 10.1. The first-order valence-corrected chi connectivity index (χ1v) is 5.17. The molecule has 1 radical (unpaired) electrons. The molecule has 0 aliphatic rings. The van der Waals surface area contributed by atoms with Crippen molar-refractivity contribution in [2.24, 2.45) is 5.73 Å². The highest BCUT2D eigenvalue weighted by Gasteiger charge is 2.01. The molecule has 0 aliphatic carbocycles. The van der Waals surface area contributed by atoms with Crippen LogP contribution in [0.15, 0.2) is 42.5 Å². The van der Waals surface area contributed by atoms with E-state index in [1.165, 1.54) is 0 Å². The largest absolute Gasteiger partial charge is 0.384 e. The first-order chi connectivity index (χ1) is 7.66. The van der Waals surface area contributed by atoms with Crippen molar-refractivity contribution < 1.29 is 0 Å². The summed E-state index contributed by atoms with van der Waals surface area (Å²) in [6, 6.07) is 16.0. The van der Waals surface area contributed by atoms with E-state index in [1.807, 2.05) is 30.3 Å². The highest BCUT2D eigenvalue weighted by Crippen LogP contribution is 2.21. The number of hydrogen-bond acceptors (Lipinski definition) is 1. The molecule has 0 fully saturated rings. The molecule has 0 saturated carbocycles. The van der Waals surface area contributed by atoms with Crippen molar-refractivity contribution in [2.75, 3.05) is 0 Å². The average Bonchev–Trinajstić information content (AvgIpc) is 2.30. The van der Waals surface area contributed by atoms with Gasteiger partial charge in [0.15, 0.2) is 0 Å². The van der Waals surface area contributed by atoms with Gasteiger partial charge >= 0.3 is 0 Å². The van der Waals surface area contributed by atoms with Crippen molar-refractivity contribution in [2.45, 2.75) is 0 Å². The van der Waals surface area contributed by atoms with Crippen molar-refractivity contribution in [1.29, 1.82) is 5.41 Å². The molecule has 0 saturated heterocycles. The Kier molecular flexibility index (Phi) is 2.93. The molecule has 0 spiro atoms. The molecule has 0 aromatic heterocycles. The van der Waals surface area contributed by atoms with Crippen LogP contribution in [-0.2, 0) is 0 Å². The highest BCUT2D eigenvalue weighted by atomic mass is 35.5. The topological polar surface area (TPSA) is 49.9 Å². The minimum absolute atomic E-state index is 0.0595. The van der Waals surface area contributed by atoms with Crippen molar-refractivity contribution in [1.82, 2.24) is 0 Å². The van der Waals surface area contributed by atoms with Gasteiger partial charge in [-0.1, -0.05) is 35.9 Å². The first kappa shape index (κ1) is 10.7. The zero-order valence-corrected chi connectivity index (χ0v) is 9.25. The number of amidine groups is 1. The summed E-state index contributed by atoms with van der Waals surface area (Å²) in [5.74, 6) is 0.0595. The van der Waals surface area contributed by atoms with Crippen LogP contribution in [0.5, 0.6) is 0 Å². The van der Waals surface area contributed by atoms with Gasteiger partial charge in [0.05, 0.1) is 0 Å². The lowest BCUT2D eigenvalue weighted by molar-refractivity contribution is 1.42. The van der Waals surface area contributed by atoms with E-state index < -0.39 is 0 Å². The van der Waals surface area contributed by atoms with Gasteiger partial charge in [-0.25, -0.2) is 0 Å². The van der Waals surface area contributed by atoms with E-state index >= 15 is 0 Å². The third kappa shape index (κ3) is 2.23. The van der Waals surface area contributed by atoms with Gasteiger partial charge in [-0.15, -0.1) is 0 Å². The second kappa shape index (κ2) is 4.37. The molecule has 16 heavy (non-hydrogen) atoms. The van der Waals surface area contributed by atoms with Crippen LogP contribution in [0, 0.1) is 11.5 Å². The molecule has 0 heterocycles. The number of rotatable bonds is 2. The molecule has 0 amide bonds. The summed E-state index contributed by atoms with van der Waals surface area (Å²) in [7, 11) is 0. The minimum Gasteiger partial charge on any atom is -0.384 e. The number of hydrogen-bond donors (Lipinski definition) is 2. The number of nitrogens with two attached hydrogens (primary N) is 1. The van der Waals surface area contributed by atoms with E-state index in [-0.39, 0.29) is 5.84 Å². The highest BCUT2D eigenvalue weighted by molar-refractivity contribution is 6.30.